The Hall–Kier alpha value is -5.08. The molecule has 0 saturated carbocycles. The number of nitrogens with one attached hydrogen (secondary N) is 3. The second kappa shape index (κ2) is 12.0. The average molecular weight is 572 g/mol. The van der Waals surface area contributed by atoms with Gasteiger partial charge in [-0.15, -0.1) is 0 Å². The van der Waals surface area contributed by atoms with E-state index in [2.05, 4.69) is 81.6 Å². The lowest BCUT2D eigenvalue weighted by Gasteiger charge is -2.37. The summed E-state index contributed by atoms with van der Waals surface area (Å²) in [6, 6.07) is 26.4. The fraction of sp³-hybridized carbons (Fsp3) is 0.200. The maximum atomic E-state index is 6.38. The monoisotopic (exact) mass is 571 g/mol. The van der Waals surface area contributed by atoms with Crippen molar-refractivity contribution in [3.63, 3.8) is 0 Å². The molecule has 0 spiro atoms. The molecule has 5 aromatic rings. The fourth-order valence-electron chi connectivity index (χ4n) is 5.52. The van der Waals surface area contributed by atoms with Crippen LogP contribution in [-0.2, 0) is 4.74 Å². The number of ether oxygens (including phenoxy) is 1. The van der Waals surface area contributed by atoms with E-state index in [-0.39, 0.29) is 12.2 Å². The topological polar surface area (TPSA) is 100 Å². The van der Waals surface area contributed by atoms with Crippen LogP contribution in [0.5, 0.6) is 0 Å². The number of aryl methyl sites for hydroxylation is 1. The standard InChI is InChI=1S/C35H37N7O/c1-22-17-29(13-15-37-22)40-28-9-11-35(32(36)18-28)39-25(4)26-5-7-27(8-6-26)41-34-14-16-38-33-12-10-30(19-31(33)34)42-20-23(2)43-24(3)21-42/h5-19,23-24,39H,4,20-21,36H2,1-3H3,(H,37,40)(H,38,41). The minimum atomic E-state index is 0.198. The van der Waals surface area contributed by atoms with Crippen LogP contribution >= 0.6 is 0 Å². The molecule has 8 nitrogen and oxygen atoms in total. The zero-order chi connectivity index (χ0) is 29.9. The summed E-state index contributed by atoms with van der Waals surface area (Å²) in [6.45, 7) is 12.2. The van der Waals surface area contributed by atoms with Crippen LogP contribution in [0.4, 0.5) is 39.8 Å². The van der Waals surface area contributed by atoms with E-state index in [0.29, 0.717) is 5.69 Å². The summed E-state index contributed by atoms with van der Waals surface area (Å²) in [7, 11) is 0. The van der Waals surface area contributed by atoms with Crippen molar-refractivity contribution in [2.45, 2.75) is 33.0 Å². The van der Waals surface area contributed by atoms with Gasteiger partial charge in [0, 0.05) is 70.7 Å². The number of anilines is 7. The zero-order valence-electron chi connectivity index (χ0n) is 24.8. The number of fused-ring (bicyclic) bond motifs is 1. The van der Waals surface area contributed by atoms with Crippen LogP contribution in [0.15, 0.2) is 97.8 Å². The first-order chi connectivity index (χ1) is 20.8. The number of rotatable bonds is 8. The Balaban J connectivity index is 1.14. The molecule has 0 aliphatic carbocycles. The molecule has 6 rings (SSSR count). The van der Waals surface area contributed by atoms with Crippen molar-refractivity contribution in [1.82, 2.24) is 9.97 Å². The summed E-state index contributed by atoms with van der Waals surface area (Å²) < 4.78 is 5.93. The van der Waals surface area contributed by atoms with Gasteiger partial charge < -0.3 is 31.3 Å². The van der Waals surface area contributed by atoms with Crippen LogP contribution in [-0.4, -0.2) is 35.3 Å². The van der Waals surface area contributed by atoms with Crippen molar-refractivity contribution in [2.24, 2.45) is 0 Å². The number of morpholine rings is 1. The molecule has 5 N–H and O–H groups in total. The summed E-state index contributed by atoms with van der Waals surface area (Å²) in [6.07, 6.45) is 4.02. The highest BCUT2D eigenvalue weighted by Gasteiger charge is 2.22. The summed E-state index contributed by atoms with van der Waals surface area (Å²) in [5, 5.41) is 11.4. The van der Waals surface area contributed by atoms with Crippen LogP contribution < -0.4 is 26.6 Å². The molecule has 1 fully saturated rings. The van der Waals surface area contributed by atoms with Gasteiger partial charge in [0.2, 0.25) is 0 Å². The lowest BCUT2D eigenvalue weighted by molar-refractivity contribution is -0.00521. The largest absolute Gasteiger partial charge is 0.397 e. The third kappa shape index (κ3) is 6.55. The molecular formula is C35H37N7O. The Morgan fingerprint density at radius 2 is 1.53 bits per heavy atom. The molecule has 1 saturated heterocycles. The number of aromatic nitrogens is 2. The Morgan fingerprint density at radius 3 is 2.28 bits per heavy atom. The Bertz CT molecular complexity index is 1760. The highest BCUT2D eigenvalue weighted by Crippen LogP contribution is 2.32. The zero-order valence-corrected chi connectivity index (χ0v) is 24.8. The Morgan fingerprint density at radius 1 is 0.814 bits per heavy atom. The van der Waals surface area contributed by atoms with Crippen molar-refractivity contribution < 1.29 is 4.74 Å². The van der Waals surface area contributed by atoms with Crippen molar-refractivity contribution in [1.29, 1.82) is 0 Å². The van der Waals surface area contributed by atoms with Crippen molar-refractivity contribution in [2.75, 3.05) is 39.7 Å². The Kier molecular flexibility index (Phi) is 7.85. The summed E-state index contributed by atoms with van der Waals surface area (Å²) in [5.74, 6) is 0. The molecule has 3 aromatic carbocycles. The molecule has 0 bridgehead atoms. The molecule has 1 aliphatic rings. The lowest BCUT2D eigenvalue weighted by atomic mass is 10.1. The van der Waals surface area contributed by atoms with E-state index in [1.807, 2.05) is 61.7 Å². The molecule has 8 heteroatoms. The van der Waals surface area contributed by atoms with E-state index in [9.17, 15) is 0 Å². The number of benzene rings is 3. The number of nitrogens with two attached hydrogens (primary N) is 1. The first-order valence-corrected chi connectivity index (χ1v) is 14.5. The van der Waals surface area contributed by atoms with Gasteiger partial charge in [-0.3, -0.25) is 9.97 Å². The van der Waals surface area contributed by atoms with Gasteiger partial charge in [-0.1, -0.05) is 18.7 Å². The normalized spacial score (nSPS) is 16.6. The highest BCUT2D eigenvalue weighted by atomic mass is 16.5. The molecular weight excluding hydrogens is 534 g/mol. The summed E-state index contributed by atoms with van der Waals surface area (Å²) in [4.78, 5) is 11.2. The maximum absolute atomic E-state index is 6.38. The van der Waals surface area contributed by atoms with E-state index in [4.69, 9.17) is 10.5 Å². The van der Waals surface area contributed by atoms with Crippen molar-refractivity contribution in [3.05, 3.63) is 109 Å². The first kappa shape index (κ1) is 28.1. The van der Waals surface area contributed by atoms with Crippen LogP contribution in [0.25, 0.3) is 16.6 Å². The molecule has 218 valence electrons. The fourth-order valence-corrected chi connectivity index (χ4v) is 5.52. The van der Waals surface area contributed by atoms with E-state index in [1.54, 1.807) is 6.20 Å². The number of hydrogen-bond donors (Lipinski definition) is 4. The number of nitrogen functional groups attached to an aromatic ring is 1. The molecule has 2 unspecified atom stereocenters. The van der Waals surface area contributed by atoms with E-state index in [1.165, 1.54) is 5.69 Å². The van der Waals surface area contributed by atoms with Crippen molar-refractivity contribution in [3.8, 4) is 0 Å². The maximum Gasteiger partial charge on any atom is 0.0726 e. The van der Waals surface area contributed by atoms with E-state index >= 15 is 0 Å². The Labute approximate surface area is 252 Å². The van der Waals surface area contributed by atoms with Gasteiger partial charge in [-0.2, -0.15) is 0 Å². The molecule has 2 atom stereocenters. The summed E-state index contributed by atoms with van der Waals surface area (Å²) in [5.41, 5.74) is 16.5. The number of pyridine rings is 2. The van der Waals surface area contributed by atoms with Gasteiger partial charge in [0.15, 0.2) is 0 Å². The van der Waals surface area contributed by atoms with Gasteiger partial charge >= 0.3 is 0 Å². The number of nitrogens with zero attached hydrogens (tertiary/aromatic N) is 3. The smallest absolute Gasteiger partial charge is 0.0726 e. The van der Waals surface area contributed by atoms with Crippen molar-refractivity contribution >= 4 is 56.4 Å². The average Bonchev–Trinajstić information content (AvgIpc) is 2.98. The minimum absolute atomic E-state index is 0.198. The van der Waals surface area contributed by atoms with Crippen LogP contribution in [0.2, 0.25) is 0 Å². The van der Waals surface area contributed by atoms with Crippen LogP contribution in [0.3, 0.4) is 0 Å². The highest BCUT2D eigenvalue weighted by molar-refractivity contribution is 5.95. The van der Waals surface area contributed by atoms with E-state index < -0.39 is 0 Å². The van der Waals surface area contributed by atoms with E-state index in [0.717, 1.165) is 69.4 Å². The third-order valence-corrected chi connectivity index (χ3v) is 7.54. The SMILES string of the molecule is C=C(Nc1ccc(Nc2ccnc(C)c2)cc1N)c1ccc(Nc2ccnc3ccc(N4CC(C)OC(C)C4)cc23)cc1. The third-order valence-electron chi connectivity index (χ3n) is 7.54. The lowest BCUT2D eigenvalue weighted by Crippen LogP contribution is -2.45. The van der Waals surface area contributed by atoms with Gasteiger partial charge in [0.05, 0.1) is 29.1 Å². The quantitative estimate of drug-likeness (QED) is 0.141. The first-order valence-electron chi connectivity index (χ1n) is 14.5. The van der Waals surface area contributed by atoms with Gasteiger partial charge in [0.1, 0.15) is 0 Å². The van der Waals surface area contributed by atoms with Gasteiger partial charge in [0.25, 0.3) is 0 Å². The second-order valence-electron chi connectivity index (χ2n) is 11.1. The van der Waals surface area contributed by atoms with Crippen LogP contribution in [0, 0.1) is 6.92 Å². The molecule has 2 aromatic heterocycles. The summed E-state index contributed by atoms with van der Waals surface area (Å²) >= 11 is 0. The predicted molar refractivity (Wildman–Crippen MR) is 179 cm³/mol. The predicted octanol–water partition coefficient (Wildman–Crippen LogP) is 7.70. The minimum Gasteiger partial charge on any atom is -0.397 e. The number of hydrogen-bond acceptors (Lipinski definition) is 8. The molecule has 43 heavy (non-hydrogen) atoms. The van der Waals surface area contributed by atoms with Gasteiger partial charge in [-0.25, -0.2) is 0 Å². The molecule has 0 radical (unpaired) electrons. The molecule has 0 amide bonds. The molecule has 1 aliphatic heterocycles. The second-order valence-corrected chi connectivity index (χ2v) is 11.1. The molecule has 3 heterocycles. The van der Waals surface area contributed by atoms with Gasteiger partial charge in [-0.05, 0) is 93.1 Å². The van der Waals surface area contributed by atoms with Crippen LogP contribution in [0.1, 0.15) is 25.1 Å².